The lowest BCUT2D eigenvalue weighted by molar-refractivity contribution is 0.690. The van der Waals surface area contributed by atoms with E-state index in [4.69, 9.17) is 0 Å². The van der Waals surface area contributed by atoms with Crippen molar-refractivity contribution in [2.24, 2.45) is 0 Å². The molecule has 2 aliphatic rings. The fourth-order valence-electron chi connectivity index (χ4n) is 3.74. The first-order valence-electron chi connectivity index (χ1n) is 8.67. The lowest BCUT2D eigenvalue weighted by atomic mass is 9.86. The summed E-state index contributed by atoms with van der Waals surface area (Å²) < 4.78 is 0. The first-order valence-corrected chi connectivity index (χ1v) is 8.67. The predicted molar refractivity (Wildman–Crippen MR) is 101 cm³/mol. The van der Waals surface area contributed by atoms with Crippen LogP contribution in [0.2, 0.25) is 0 Å². The van der Waals surface area contributed by atoms with Crippen molar-refractivity contribution in [2.45, 2.75) is 32.1 Å². The zero-order chi connectivity index (χ0) is 15.5. The van der Waals surface area contributed by atoms with E-state index >= 15 is 0 Å². The Bertz CT molecular complexity index is 886. The van der Waals surface area contributed by atoms with Crippen LogP contribution in [0.25, 0.3) is 21.5 Å². The molecular weight excluding hydrogens is 276 g/mol. The van der Waals surface area contributed by atoms with E-state index in [1.807, 2.05) is 0 Å². The van der Waals surface area contributed by atoms with Crippen molar-refractivity contribution in [2.75, 3.05) is 0 Å². The standard InChI is InChI=1S/C18H16.C5H6/c1-3-7-15-13(5-1)9-11-18-16-8-4-2-6-14(16)10-12-17(15)18;1-2-4-5-3-1/h1,3,5,7,9-12H,2,4,6,8H2;1-4H,5H2. The molecule has 0 heterocycles. The molecule has 0 radical (unpaired) electrons. The second-order valence-corrected chi connectivity index (χ2v) is 6.38. The Morgan fingerprint density at radius 1 is 0.609 bits per heavy atom. The second kappa shape index (κ2) is 6.42. The van der Waals surface area contributed by atoms with Crippen LogP contribution in [0.3, 0.4) is 0 Å². The van der Waals surface area contributed by atoms with Gasteiger partial charge in [-0.1, -0.05) is 72.8 Å². The minimum Gasteiger partial charge on any atom is -0.0808 e. The van der Waals surface area contributed by atoms with Crippen LogP contribution in [-0.2, 0) is 12.8 Å². The number of hydrogen-bond acceptors (Lipinski definition) is 0. The van der Waals surface area contributed by atoms with Gasteiger partial charge in [0.1, 0.15) is 0 Å². The van der Waals surface area contributed by atoms with Crippen LogP contribution in [0.15, 0.2) is 72.8 Å². The maximum atomic E-state index is 2.35. The molecule has 0 saturated carbocycles. The van der Waals surface area contributed by atoms with Gasteiger partial charge in [-0.25, -0.2) is 0 Å². The van der Waals surface area contributed by atoms with Gasteiger partial charge in [-0.3, -0.25) is 0 Å². The second-order valence-electron chi connectivity index (χ2n) is 6.38. The third kappa shape index (κ3) is 2.82. The fourth-order valence-corrected chi connectivity index (χ4v) is 3.74. The SMILES string of the molecule is C1=CCC=C1.c1ccc2c(c1)ccc1c3c(ccc12)CCCC3. The van der Waals surface area contributed by atoms with Gasteiger partial charge >= 0.3 is 0 Å². The summed E-state index contributed by atoms with van der Waals surface area (Å²) in [6, 6.07) is 18.0. The van der Waals surface area contributed by atoms with E-state index < -0.39 is 0 Å². The van der Waals surface area contributed by atoms with Gasteiger partial charge in [-0.15, -0.1) is 0 Å². The summed E-state index contributed by atoms with van der Waals surface area (Å²) >= 11 is 0. The summed E-state index contributed by atoms with van der Waals surface area (Å²) in [5, 5.41) is 5.64. The predicted octanol–water partition coefficient (Wildman–Crippen LogP) is 6.37. The molecule has 5 rings (SSSR count). The van der Waals surface area contributed by atoms with Crippen LogP contribution < -0.4 is 0 Å². The van der Waals surface area contributed by atoms with E-state index in [1.165, 1.54) is 47.2 Å². The fraction of sp³-hybridized carbons (Fsp3) is 0.217. The van der Waals surface area contributed by atoms with Gasteiger partial charge in [0.25, 0.3) is 0 Å². The van der Waals surface area contributed by atoms with Gasteiger partial charge in [0, 0.05) is 0 Å². The largest absolute Gasteiger partial charge is 0.0808 e. The van der Waals surface area contributed by atoms with E-state index in [9.17, 15) is 0 Å². The number of allylic oxidation sites excluding steroid dienone is 4. The molecule has 0 spiro atoms. The molecule has 0 saturated heterocycles. The lowest BCUT2D eigenvalue weighted by Crippen LogP contribution is -2.02. The first kappa shape index (κ1) is 14.3. The molecule has 0 N–H and O–H groups in total. The van der Waals surface area contributed by atoms with Crippen LogP contribution in [0.1, 0.15) is 30.4 Å². The highest BCUT2D eigenvalue weighted by Crippen LogP contribution is 2.33. The summed E-state index contributed by atoms with van der Waals surface area (Å²) in [4.78, 5) is 0. The molecule has 114 valence electrons. The van der Waals surface area contributed by atoms with Crippen molar-refractivity contribution < 1.29 is 0 Å². The first-order chi connectivity index (χ1) is 11.4. The normalized spacial score (nSPS) is 15.5. The molecule has 0 fully saturated rings. The van der Waals surface area contributed by atoms with E-state index in [-0.39, 0.29) is 0 Å². The van der Waals surface area contributed by atoms with Crippen molar-refractivity contribution in [3.05, 3.63) is 84.0 Å². The Morgan fingerprint density at radius 2 is 1.39 bits per heavy atom. The number of benzene rings is 3. The number of rotatable bonds is 0. The quantitative estimate of drug-likeness (QED) is 0.423. The minimum absolute atomic E-state index is 1.14. The maximum Gasteiger partial charge on any atom is -0.0102 e. The van der Waals surface area contributed by atoms with Crippen LogP contribution >= 0.6 is 0 Å². The number of fused-ring (bicyclic) bond motifs is 5. The Balaban J connectivity index is 0.000000233. The monoisotopic (exact) mass is 298 g/mol. The Labute approximate surface area is 138 Å². The summed E-state index contributed by atoms with van der Waals surface area (Å²) in [6.07, 6.45) is 14.7. The van der Waals surface area contributed by atoms with Crippen LogP contribution in [-0.4, -0.2) is 0 Å². The average Bonchev–Trinajstić information content (AvgIpc) is 3.21. The third-order valence-electron chi connectivity index (χ3n) is 4.91. The van der Waals surface area contributed by atoms with Crippen molar-refractivity contribution in [1.82, 2.24) is 0 Å². The molecule has 3 aromatic rings. The van der Waals surface area contributed by atoms with Crippen LogP contribution in [0.5, 0.6) is 0 Å². The molecule has 0 atom stereocenters. The molecule has 0 aromatic heterocycles. The third-order valence-corrected chi connectivity index (χ3v) is 4.91. The molecule has 0 nitrogen and oxygen atoms in total. The summed E-state index contributed by atoms with van der Waals surface area (Å²) in [5.41, 5.74) is 3.17. The van der Waals surface area contributed by atoms with Crippen molar-refractivity contribution >= 4 is 21.5 Å². The molecule has 0 heteroatoms. The molecule has 2 aliphatic carbocycles. The van der Waals surface area contributed by atoms with Gasteiger partial charge in [-0.05, 0) is 64.8 Å². The Morgan fingerprint density at radius 3 is 2.22 bits per heavy atom. The molecule has 23 heavy (non-hydrogen) atoms. The van der Waals surface area contributed by atoms with E-state index in [1.54, 1.807) is 11.1 Å². The van der Waals surface area contributed by atoms with Gasteiger partial charge in [0.15, 0.2) is 0 Å². The smallest absolute Gasteiger partial charge is 0.0102 e. The zero-order valence-electron chi connectivity index (χ0n) is 13.5. The topological polar surface area (TPSA) is 0 Å². The molecule has 0 aliphatic heterocycles. The van der Waals surface area contributed by atoms with Crippen LogP contribution in [0, 0.1) is 0 Å². The van der Waals surface area contributed by atoms with Crippen molar-refractivity contribution in [1.29, 1.82) is 0 Å². The van der Waals surface area contributed by atoms with Gasteiger partial charge < -0.3 is 0 Å². The van der Waals surface area contributed by atoms with Crippen molar-refractivity contribution in [3.63, 3.8) is 0 Å². The maximum absolute atomic E-state index is 2.35. The summed E-state index contributed by atoms with van der Waals surface area (Å²) in [7, 11) is 0. The average molecular weight is 298 g/mol. The lowest BCUT2D eigenvalue weighted by Gasteiger charge is -2.18. The van der Waals surface area contributed by atoms with Gasteiger partial charge in [-0.2, -0.15) is 0 Å². The Kier molecular flexibility index (Phi) is 3.98. The van der Waals surface area contributed by atoms with Crippen LogP contribution in [0.4, 0.5) is 0 Å². The summed E-state index contributed by atoms with van der Waals surface area (Å²) in [5.74, 6) is 0. The highest BCUT2D eigenvalue weighted by Gasteiger charge is 2.13. The van der Waals surface area contributed by atoms with E-state index in [0.717, 1.165) is 6.42 Å². The molecule has 0 amide bonds. The highest BCUT2D eigenvalue weighted by atomic mass is 14.2. The zero-order valence-corrected chi connectivity index (χ0v) is 13.5. The van der Waals surface area contributed by atoms with Crippen molar-refractivity contribution in [3.8, 4) is 0 Å². The molecule has 0 bridgehead atoms. The molecular formula is C23H22. The molecule has 0 unspecified atom stereocenters. The van der Waals surface area contributed by atoms with E-state index in [2.05, 4.69) is 72.8 Å². The number of aryl methyl sites for hydroxylation is 2. The highest BCUT2D eigenvalue weighted by molar-refractivity contribution is 6.08. The number of hydrogen-bond donors (Lipinski definition) is 0. The summed E-state index contributed by atoms with van der Waals surface area (Å²) in [6.45, 7) is 0. The van der Waals surface area contributed by atoms with E-state index in [0.29, 0.717) is 0 Å². The van der Waals surface area contributed by atoms with Gasteiger partial charge in [0.2, 0.25) is 0 Å². The molecule has 3 aromatic carbocycles. The minimum atomic E-state index is 1.14. The van der Waals surface area contributed by atoms with Gasteiger partial charge in [0.05, 0.1) is 0 Å². The Hall–Kier alpha value is -2.34.